The third-order valence-electron chi connectivity index (χ3n) is 2.37. The third-order valence-corrected chi connectivity index (χ3v) is 2.37. The summed E-state index contributed by atoms with van der Waals surface area (Å²) in [4.78, 5) is 22.1. The van der Waals surface area contributed by atoms with Gasteiger partial charge in [-0.1, -0.05) is 41.2 Å². The van der Waals surface area contributed by atoms with Crippen molar-refractivity contribution in [3.8, 4) is 0 Å². The number of aliphatic hydroxyl groups is 1. The molecule has 5 heteroatoms. The summed E-state index contributed by atoms with van der Waals surface area (Å²) in [6.07, 6.45) is -0.0123. The van der Waals surface area contributed by atoms with Crippen LogP contribution in [0.15, 0.2) is 12.7 Å². The molecule has 0 aromatic rings. The van der Waals surface area contributed by atoms with Crippen molar-refractivity contribution in [2.24, 2.45) is 11.8 Å². The van der Waals surface area contributed by atoms with Crippen molar-refractivity contribution in [1.29, 1.82) is 0 Å². The highest BCUT2D eigenvalue weighted by Gasteiger charge is 2.19. The number of carbonyl (C=O) groups excluding carboxylic acids is 2. The molecule has 19 heavy (non-hydrogen) atoms. The van der Waals surface area contributed by atoms with E-state index in [1.807, 2.05) is 27.7 Å². The number of hydrogen-bond acceptors (Lipinski definition) is 5. The van der Waals surface area contributed by atoms with Crippen LogP contribution in [0.1, 0.15) is 34.6 Å². The first-order chi connectivity index (χ1) is 8.88. The van der Waals surface area contributed by atoms with E-state index in [0.717, 1.165) is 6.08 Å². The molecule has 0 rings (SSSR count). The highest BCUT2D eigenvalue weighted by Crippen LogP contribution is 2.11. The van der Waals surface area contributed by atoms with Gasteiger partial charge in [-0.15, -0.1) is 0 Å². The monoisotopic (exact) mass is 274 g/mol. The van der Waals surface area contributed by atoms with Crippen molar-refractivity contribution in [3.05, 3.63) is 12.7 Å². The largest absolute Gasteiger partial charge is 0.463 e. The van der Waals surface area contributed by atoms with Gasteiger partial charge in [0.25, 0.3) is 0 Å². The van der Waals surface area contributed by atoms with Gasteiger partial charge in [0.05, 0.1) is 5.92 Å². The van der Waals surface area contributed by atoms with Crippen LogP contribution in [0, 0.1) is 11.8 Å². The average Bonchev–Trinajstić information content (AvgIpc) is 2.42. The quantitative estimate of drug-likeness (QED) is 0.567. The van der Waals surface area contributed by atoms with Gasteiger partial charge in [-0.3, -0.25) is 4.79 Å². The van der Waals surface area contributed by atoms with Crippen molar-refractivity contribution < 1.29 is 24.2 Å². The average molecular weight is 274 g/mol. The van der Waals surface area contributed by atoms with E-state index in [0.29, 0.717) is 0 Å². The lowest BCUT2D eigenvalue weighted by Crippen LogP contribution is -2.28. The molecule has 0 fully saturated rings. The number of ether oxygens (including phenoxy) is 2. The summed E-state index contributed by atoms with van der Waals surface area (Å²) in [6.45, 7) is 12.4. The van der Waals surface area contributed by atoms with E-state index >= 15 is 0 Å². The molecule has 0 saturated carbocycles. The Bertz CT molecular complexity index is 273. The lowest BCUT2D eigenvalue weighted by atomic mass is 9.99. The molecule has 0 aliphatic rings. The van der Waals surface area contributed by atoms with Crippen molar-refractivity contribution in [2.45, 2.75) is 40.7 Å². The molecular formula is C14H26O5. The van der Waals surface area contributed by atoms with Crippen LogP contribution in [0.3, 0.4) is 0 Å². The molecule has 0 radical (unpaired) electrons. The van der Waals surface area contributed by atoms with E-state index in [2.05, 4.69) is 11.3 Å². The fraction of sp³-hybridized carbons (Fsp3) is 0.714. The van der Waals surface area contributed by atoms with Gasteiger partial charge in [-0.05, 0) is 5.92 Å². The lowest BCUT2D eigenvalue weighted by molar-refractivity contribution is -0.154. The fourth-order valence-corrected chi connectivity index (χ4v) is 0.867. The standard InChI is InChI=1S/C12H20O5.C2H6/c1-5-11(14)16-6-10(13)7-17-12(15)9(4)8(2)3;1-2/h5,8-10,13H,1,6-7H2,2-4H3;1-2H3. The van der Waals surface area contributed by atoms with E-state index in [1.165, 1.54) is 0 Å². The molecule has 0 spiro atoms. The molecule has 0 bridgehead atoms. The van der Waals surface area contributed by atoms with Gasteiger partial charge in [0.2, 0.25) is 0 Å². The molecule has 2 atom stereocenters. The van der Waals surface area contributed by atoms with Gasteiger partial charge >= 0.3 is 11.9 Å². The number of hydrogen-bond donors (Lipinski definition) is 1. The van der Waals surface area contributed by atoms with Gasteiger partial charge in [0, 0.05) is 6.08 Å². The maximum atomic E-state index is 11.4. The Kier molecular flexibility index (Phi) is 12.3. The second kappa shape index (κ2) is 11.7. The Morgan fingerprint density at radius 2 is 1.63 bits per heavy atom. The zero-order valence-electron chi connectivity index (χ0n) is 12.5. The second-order valence-electron chi connectivity index (χ2n) is 4.15. The highest BCUT2D eigenvalue weighted by atomic mass is 16.6. The van der Waals surface area contributed by atoms with Crippen LogP contribution in [-0.2, 0) is 19.1 Å². The zero-order valence-corrected chi connectivity index (χ0v) is 12.5. The molecule has 0 aliphatic heterocycles. The fourth-order valence-electron chi connectivity index (χ4n) is 0.867. The van der Waals surface area contributed by atoms with Crippen molar-refractivity contribution >= 4 is 11.9 Å². The van der Waals surface area contributed by atoms with Crippen LogP contribution < -0.4 is 0 Å². The van der Waals surface area contributed by atoms with E-state index in [4.69, 9.17) is 4.74 Å². The highest BCUT2D eigenvalue weighted by molar-refractivity contribution is 5.81. The topological polar surface area (TPSA) is 72.8 Å². The molecular weight excluding hydrogens is 248 g/mol. The SMILES string of the molecule is C=CC(=O)OCC(O)COC(=O)C(C)C(C)C.CC. The first-order valence-electron chi connectivity index (χ1n) is 6.52. The van der Waals surface area contributed by atoms with Crippen LogP contribution in [0.5, 0.6) is 0 Å². The van der Waals surface area contributed by atoms with E-state index in [1.54, 1.807) is 6.92 Å². The molecule has 0 aromatic carbocycles. The van der Waals surface area contributed by atoms with Crippen molar-refractivity contribution in [1.82, 2.24) is 0 Å². The Balaban J connectivity index is 0. The molecule has 0 heterocycles. The molecule has 2 unspecified atom stereocenters. The molecule has 0 saturated heterocycles. The van der Waals surface area contributed by atoms with Crippen LogP contribution in [-0.4, -0.2) is 36.4 Å². The minimum absolute atomic E-state index is 0.179. The number of rotatable bonds is 7. The van der Waals surface area contributed by atoms with Crippen LogP contribution >= 0.6 is 0 Å². The van der Waals surface area contributed by atoms with Gasteiger partial charge in [0.15, 0.2) is 0 Å². The Morgan fingerprint density at radius 3 is 2.05 bits per heavy atom. The predicted octanol–water partition coefficient (Wildman–Crippen LogP) is 1.94. The van der Waals surface area contributed by atoms with Crippen LogP contribution in [0.25, 0.3) is 0 Å². The minimum atomic E-state index is -1.01. The first-order valence-corrected chi connectivity index (χ1v) is 6.52. The van der Waals surface area contributed by atoms with Gasteiger partial charge in [0.1, 0.15) is 19.3 Å². The third kappa shape index (κ3) is 10.3. The number of esters is 2. The summed E-state index contributed by atoms with van der Waals surface area (Å²) >= 11 is 0. The van der Waals surface area contributed by atoms with E-state index in [-0.39, 0.29) is 31.0 Å². The molecule has 5 nitrogen and oxygen atoms in total. The summed E-state index contributed by atoms with van der Waals surface area (Å²) in [6, 6.07) is 0. The predicted molar refractivity (Wildman–Crippen MR) is 73.5 cm³/mol. The number of aliphatic hydroxyl groups excluding tert-OH is 1. The molecule has 112 valence electrons. The van der Waals surface area contributed by atoms with Crippen molar-refractivity contribution in [3.63, 3.8) is 0 Å². The lowest BCUT2D eigenvalue weighted by Gasteiger charge is -2.16. The van der Waals surface area contributed by atoms with E-state index < -0.39 is 12.1 Å². The molecule has 0 amide bonds. The molecule has 0 aromatic heterocycles. The normalized spacial score (nSPS) is 12.8. The summed E-state index contributed by atoms with van der Waals surface area (Å²) in [5.41, 5.74) is 0. The zero-order chi connectivity index (χ0) is 15.4. The summed E-state index contributed by atoms with van der Waals surface area (Å²) in [7, 11) is 0. The molecule has 1 N–H and O–H groups in total. The Morgan fingerprint density at radius 1 is 1.16 bits per heavy atom. The maximum absolute atomic E-state index is 11.4. The van der Waals surface area contributed by atoms with Crippen molar-refractivity contribution in [2.75, 3.05) is 13.2 Å². The summed E-state index contributed by atoms with van der Waals surface area (Å²) < 4.78 is 9.48. The maximum Gasteiger partial charge on any atom is 0.330 e. The summed E-state index contributed by atoms with van der Waals surface area (Å²) in [5, 5.41) is 9.37. The van der Waals surface area contributed by atoms with Crippen LogP contribution in [0.4, 0.5) is 0 Å². The Hall–Kier alpha value is -1.36. The number of carbonyl (C=O) groups is 2. The minimum Gasteiger partial charge on any atom is -0.463 e. The van der Waals surface area contributed by atoms with Gasteiger partial charge < -0.3 is 14.6 Å². The molecule has 0 aliphatic carbocycles. The smallest absolute Gasteiger partial charge is 0.330 e. The summed E-state index contributed by atoms with van der Waals surface area (Å²) in [5.74, 6) is -1.03. The van der Waals surface area contributed by atoms with E-state index in [9.17, 15) is 14.7 Å². The second-order valence-corrected chi connectivity index (χ2v) is 4.15. The van der Waals surface area contributed by atoms with Gasteiger partial charge in [-0.25, -0.2) is 4.79 Å². The van der Waals surface area contributed by atoms with Gasteiger partial charge in [-0.2, -0.15) is 0 Å². The Labute approximate surface area is 115 Å². The first kappa shape index (κ1) is 20.0. The van der Waals surface area contributed by atoms with Crippen LogP contribution in [0.2, 0.25) is 0 Å².